The average Bonchev–Trinajstić information content (AvgIpc) is 2.98. The summed E-state index contributed by atoms with van der Waals surface area (Å²) in [7, 11) is 0. The molecule has 1 saturated carbocycles. The molecule has 28 heavy (non-hydrogen) atoms. The molecule has 2 aliphatic rings. The van der Waals surface area contributed by atoms with Crippen LogP contribution in [0.3, 0.4) is 0 Å². The van der Waals surface area contributed by atoms with Gasteiger partial charge in [0.05, 0.1) is 6.10 Å². The van der Waals surface area contributed by atoms with E-state index in [1.807, 2.05) is 9.80 Å². The van der Waals surface area contributed by atoms with Crippen molar-refractivity contribution in [1.29, 1.82) is 0 Å². The molecule has 0 unspecified atom stereocenters. The van der Waals surface area contributed by atoms with Crippen LogP contribution in [0.5, 0.6) is 0 Å². The highest BCUT2D eigenvalue weighted by atomic mass is 16.5. The van der Waals surface area contributed by atoms with Gasteiger partial charge in [0.15, 0.2) is 0 Å². The van der Waals surface area contributed by atoms with Crippen LogP contribution < -0.4 is 0 Å². The first-order valence-corrected chi connectivity index (χ1v) is 10.5. The predicted molar refractivity (Wildman–Crippen MR) is 105 cm³/mol. The molecule has 3 rings (SSSR count). The van der Waals surface area contributed by atoms with Crippen molar-refractivity contribution in [2.75, 3.05) is 19.7 Å². The Bertz CT molecular complexity index is 634. The predicted octanol–water partition coefficient (Wildman–Crippen LogP) is 2.56. The lowest BCUT2D eigenvalue weighted by molar-refractivity contribution is -0.138. The lowest BCUT2D eigenvalue weighted by Crippen LogP contribution is -2.40. The van der Waals surface area contributed by atoms with Crippen molar-refractivity contribution in [3.05, 3.63) is 24.3 Å². The second kappa shape index (κ2) is 10.5. The van der Waals surface area contributed by atoms with Gasteiger partial charge in [-0.15, -0.1) is 0 Å². The SMILES string of the molecule is CC(=O)N(Cc1cncnc1)[C@H]1CCCN(C(=O)COC2CCCCC2)CC1. The molecule has 0 radical (unpaired) electrons. The molecular weight excluding hydrogens is 356 g/mol. The number of nitrogens with zero attached hydrogens (tertiary/aromatic N) is 4. The van der Waals surface area contributed by atoms with Gasteiger partial charge in [-0.1, -0.05) is 19.3 Å². The molecule has 1 atom stereocenters. The number of amides is 2. The second-order valence-corrected chi connectivity index (χ2v) is 7.93. The average molecular weight is 389 g/mol. The molecule has 2 amide bonds. The third-order valence-electron chi connectivity index (χ3n) is 5.86. The molecule has 7 heteroatoms. The molecule has 0 aromatic carbocycles. The van der Waals surface area contributed by atoms with Crippen molar-refractivity contribution in [2.45, 2.75) is 77.0 Å². The van der Waals surface area contributed by atoms with E-state index in [2.05, 4.69) is 9.97 Å². The molecule has 154 valence electrons. The minimum absolute atomic E-state index is 0.0502. The van der Waals surface area contributed by atoms with E-state index in [-0.39, 0.29) is 30.6 Å². The van der Waals surface area contributed by atoms with E-state index < -0.39 is 0 Å². The first-order chi connectivity index (χ1) is 13.6. The number of carbonyl (C=O) groups is 2. The summed E-state index contributed by atoms with van der Waals surface area (Å²) < 4.78 is 5.86. The quantitative estimate of drug-likeness (QED) is 0.749. The summed E-state index contributed by atoms with van der Waals surface area (Å²) in [5.74, 6) is 0.131. The monoisotopic (exact) mass is 388 g/mol. The summed E-state index contributed by atoms with van der Waals surface area (Å²) >= 11 is 0. The van der Waals surface area contributed by atoms with Crippen molar-refractivity contribution >= 4 is 11.8 Å². The second-order valence-electron chi connectivity index (χ2n) is 7.93. The van der Waals surface area contributed by atoms with E-state index in [0.717, 1.165) is 44.2 Å². The number of aromatic nitrogens is 2. The van der Waals surface area contributed by atoms with Gasteiger partial charge < -0.3 is 14.5 Å². The van der Waals surface area contributed by atoms with Gasteiger partial charge in [-0.25, -0.2) is 9.97 Å². The molecule has 2 fully saturated rings. The van der Waals surface area contributed by atoms with Crippen molar-refractivity contribution in [3.8, 4) is 0 Å². The Hall–Kier alpha value is -2.02. The van der Waals surface area contributed by atoms with Crippen LogP contribution in [-0.4, -0.2) is 63.4 Å². The minimum atomic E-state index is 0.0502. The number of rotatable bonds is 6. The summed E-state index contributed by atoms with van der Waals surface area (Å²) in [4.78, 5) is 36.7. The molecule has 1 aliphatic carbocycles. The van der Waals surface area contributed by atoms with Crippen molar-refractivity contribution in [1.82, 2.24) is 19.8 Å². The maximum atomic E-state index is 12.6. The van der Waals surface area contributed by atoms with Crippen molar-refractivity contribution in [3.63, 3.8) is 0 Å². The topological polar surface area (TPSA) is 75.6 Å². The maximum absolute atomic E-state index is 12.6. The number of hydrogen-bond acceptors (Lipinski definition) is 5. The third kappa shape index (κ3) is 5.99. The van der Waals surface area contributed by atoms with Crippen LogP contribution in [0.1, 0.15) is 63.9 Å². The van der Waals surface area contributed by atoms with Crippen LogP contribution in [0.2, 0.25) is 0 Å². The van der Waals surface area contributed by atoms with E-state index in [1.165, 1.54) is 25.6 Å². The van der Waals surface area contributed by atoms with Gasteiger partial charge >= 0.3 is 0 Å². The zero-order valence-electron chi connectivity index (χ0n) is 16.9. The van der Waals surface area contributed by atoms with Crippen LogP contribution in [0.25, 0.3) is 0 Å². The first-order valence-electron chi connectivity index (χ1n) is 10.5. The molecule has 1 aliphatic heterocycles. The van der Waals surface area contributed by atoms with E-state index in [1.54, 1.807) is 19.3 Å². The zero-order valence-corrected chi connectivity index (χ0v) is 16.9. The summed E-state index contributed by atoms with van der Waals surface area (Å²) in [6.45, 7) is 3.72. The van der Waals surface area contributed by atoms with Crippen LogP contribution in [0, 0.1) is 0 Å². The van der Waals surface area contributed by atoms with Gasteiger partial charge in [0.2, 0.25) is 11.8 Å². The van der Waals surface area contributed by atoms with Crippen molar-refractivity contribution < 1.29 is 14.3 Å². The Kier molecular flexibility index (Phi) is 7.77. The van der Waals surface area contributed by atoms with E-state index in [9.17, 15) is 9.59 Å². The summed E-state index contributed by atoms with van der Waals surface area (Å²) in [5.41, 5.74) is 0.927. The highest BCUT2D eigenvalue weighted by Gasteiger charge is 2.27. The molecule has 0 N–H and O–H groups in total. The lowest BCUT2D eigenvalue weighted by atomic mass is 9.98. The van der Waals surface area contributed by atoms with Gasteiger partial charge in [-0.2, -0.15) is 0 Å². The number of likely N-dealkylation sites (tertiary alicyclic amines) is 1. The molecule has 2 heterocycles. The fourth-order valence-corrected chi connectivity index (χ4v) is 4.26. The molecule has 1 saturated heterocycles. The van der Waals surface area contributed by atoms with E-state index in [0.29, 0.717) is 13.1 Å². The smallest absolute Gasteiger partial charge is 0.248 e. The standard InChI is InChI=1S/C21H32N4O3/c1-17(26)25(14-18-12-22-16-23-13-18)19-6-5-10-24(11-9-19)21(27)15-28-20-7-3-2-4-8-20/h12-13,16,19-20H,2-11,14-15H2,1H3/t19-/m0/s1. The summed E-state index contributed by atoms with van der Waals surface area (Å²) in [6, 6.07) is 0.134. The Labute approximate surface area is 167 Å². The molecule has 0 spiro atoms. The Morgan fingerprint density at radius 1 is 1.07 bits per heavy atom. The minimum Gasteiger partial charge on any atom is -0.368 e. The normalized spacial score (nSPS) is 21.2. The Morgan fingerprint density at radius 3 is 2.54 bits per heavy atom. The van der Waals surface area contributed by atoms with Crippen LogP contribution in [0.4, 0.5) is 0 Å². The van der Waals surface area contributed by atoms with Gasteiger partial charge in [0, 0.05) is 50.6 Å². The number of ether oxygens (including phenoxy) is 1. The molecule has 0 bridgehead atoms. The number of carbonyl (C=O) groups excluding carboxylic acids is 2. The maximum Gasteiger partial charge on any atom is 0.248 e. The largest absolute Gasteiger partial charge is 0.368 e. The summed E-state index contributed by atoms with van der Waals surface area (Å²) in [5, 5.41) is 0. The van der Waals surface area contributed by atoms with Gasteiger partial charge in [-0.3, -0.25) is 9.59 Å². The molecule has 1 aromatic heterocycles. The van der Waals surface area contributed by atoms with Gasteiger partial charge in [-0.05, 0) is 32.1 Å². The summed E-state index contributed by atoms with van der Waals surface area (Å²) in [6.07, 6.45) is 13.7. The number of hydrogen-bond donors (Lipinski definition) is 0. The van der Waals surface area contributed by atoms with Crippen LogP contribution in [-0.2, 0) is 20.9 Å². The fraction of sp³-hybridized carbons (Fsp3) is 0.714. The zero-order chi connectivity index (χ0) is 19.8. The van der Waals surface area contributed by atoms with Crippen molar-refractivity contribution in [2.24, 2.45) is 0 Å². The van der Waals surface area contributed by atoms with Gasteiger partial charge in [0.1, 0.15) is 12.9 Å². The lowest BCUT2D eigenvalue weighted by Gasteiger charge is -2.30. The third-order valence-corrected chi connectivity index (χ3v) is 5.86. The first kappa shape index (κ1) is 20.7. The van der Waals surface area contributed by atoms with Crippen LogP contribution >= 0.6 is 0 Å². The van der Waals surface area contributed by atoms with Crippen LogP contribution in [0.15, 0.2) is 18.7 Å². The molecule has 1 aromatic rings. The Balaban J connectivity index is 1.51. The molecule has 7 nitrogen and oxygen atoms in total. The highest BCUT2D eigenvalue weighted by Crippen LogP contribution is 2.22. The van der Waals surface area contributed by atoms with E-state index in [4.69, 9.17) is 4.74 Å². The van der Waals surface area contributed by atoms with Gasteiger partial charge in [0.25, 0.3) is 0 Å². The van der Waals surface area contributed by atoms with E-state index >= 15 is 0 Å². The highest BCUT2D eigenvalue weighted by molar-refractivity contribution is 5.77. The fourth-order valence-electron chi connectivity index (χ4n) is 4.26. The Morgan fingerprint density at radius 2 is 1.82 bits per heavy atom. The molecular formula is C21H32N4O3.